The summed E-state index contributed by atoms with van der Waals surface area (Å²) in [6, 6.07) is 9.32. The van der Waals surface area contributed by atoms with Crippen LogP contribution in [0, 0.1) is 25.7 Å². The number of rotatable bonds is 7. The second-order valence-electron chi connectivity index (χ2n) is 8.20. The van der Waals surface area contributed by atoms with Gasteiger partial charge < -0.3 is 10.6 Å². The van der Waals surface area contributed by atoms with Gasteiger partial charge in [-0.1, -0.05) is 37.1 Å². The number of hydrogen-bond acceptors (Lipinski definition) is 5. The summed E-state index contributed by atoms with van der Waals surface area (Å²) in [5, 5.41) is 19.2. The summed E-state index contributed by atoms with van der Waals surface area (Å²) < 4.78 is 0. The van der Waals surface area contributed by atoms with Crippen LogP contribution < -0.4 is 10.6 Å². The molecule has 1 aliphatic carbocycles. The Labute approximate surface area is 185 Å². The molecule has 0 saturated heterocycles. The zero-order valence-electron chi connectivity index (χ0n) is 18.1. The van der Waals surface area contributed by atoms with E-state index < -0.39 is 11.8 Å². The number of carbonyl (C=O) groups excluding carboxylic acids is 3. The van der Waals surface area contributed by atoms with E-state index in [1.807, 2.05) is 25.1 Å². The Balaban J connectivity index is 1.51. The fraction of sp³-hybridized carbons (Fsp3) is 0.348. The van der Waals surface area contributed by atoms with Crippen molar-refractivity contribution in [2.24, 2.45) is 11.8 Å². The number of aromatic nitrogens is 4. The van der Waals surface area contributed by atoms with Crippen molar-refractivity contribution in [2.45, 2.75) is 39.5 Å². The zero-order chi connectivity index (χ0) is 22.7. The Morgan fingerprint density at radius 3 is 2.41 bits per heavy atom. The van der Waals surface area contributed by atoms with E-state index in [1.54, 1.807) is 19.1 Å². The molecule has 2 amide bonds. The van der Waals surface area contributed by atoms with Crippen molar-refractivity contribution in [3.8, 4) is 11.3 Å². The van der Waals surface area contributed by atoms with Gasteiger partial charge in [-0.3, -0.25) is 24.6 Å². The van der Waals surface area contributed by atoms with Crippen LogP contribution in [0.4, 0.5) is 11.5 Å². The van der Waals surface area contributed by atoms with E-state index in [4.69, 9.17) is 0 Å². The lowest BCUT2D eigenvalue weighted by atomic mass is 9.75. The number of nitrogens with zero attached hydrogens (tertiary/aromatic N) is 2. The third-order valence-electron chi connectivity index (χ3n) is 6.00. The molecule has 1 fully saturated rings. The highest BCUT2D eigenvalue weighted by Crippen LogP contribution is 2.35. The molecule has 0 aliphatic heterocycles. The number of aryl methyl sites for hydroxylation is 2. The molecule has 32 heavy (non-hydrogen) atoms. The molecular weight excluding hydrogens is 408 g/mol. The van der Waals surface area contributed by atoms with Gasteiger partial charge in [0.25, 0.3) is 0 Å². The Bertz CT molecular complexity index is 1130. The maximum absolute atomic E-state index is 13.3. The molecule has 1 aromatic carbocycles. The molecule has 1 saturated carbocycles. The first-order valence-corrected chi connectivity index (χ1v) is 10.7. The number of Topliss-reactive ketones (excluding diaryl/α,β-unsaturated/α-hetero) is 1. The Kier molecular flexibility index (Phi) is 6.16. The van der Waals surface area contributed by atoms with Crippen LogP contribution in [0.3, 0.4) is 0 Å². The summed E-state index contributed by atoms with van der Waals surface area (Å²) in [7, 11) is 0. The van der Waals surface area contributed by atoms with Crippen LogP contribution >= 0.6 is 0 Å². The Morgan fingerprint density at radius 2 is 1.75 bits per heavy atom. The van der Waals surface area contributed by atoms with Crippen molar-refractivity contribution in [3.63, 3.8) is 0 Å². The highest BCUT2D eigenvalue weighted by atomic mass is 16.2. The van der Waals surface area contributed by atoms with Gasteiger partial charge >= 0.3 is 0 Å². The number of H-pyrrole nitrogens is 2. The molecule has 4 N–H and O–H groups in total. The van der Waals surface area contributed by atoms with E-state index in [1.165, 1.54) is 0 Å². The van der Waals surface area contributed by atoms with Crippen molar-refractivity contribution < 1.29 is 14.4 Å². The van der Waals surface area contributed by atoms with Crippen molar-refractivity contribution in [2.75, 3.05) is 10.6 Å². The summed E-state index contributed by atoms with van der Waals surface area (Å²) in [5.41, 5.74) is 4.37. The normalized spacial score (nSPS) is 18.2. The van der Waals surface area contributed by atoms with Gasteiger partial charge in [0.15, 0.2) is 11.6 Å². The molecule has 4 rings (SSSR count). The topological polar surface area (TPSA) is 133 Å². The monoisotopic (exact) mass is 434 g/mol. The highest BCUT2D eigenvalue weighted by Gasteiger charge is 2.36. The van der Waals surface area contributed by atoms with Crippen LogP contribution in [-0.2, 0) is 9.59 Å². The second kappa shape index (κ2) is 9.17. The lowest BCUT2D eigenvalue weighted by molar-refractivity contribution is -0.122. The molecule has 2 heterocycles. The van der Waals surface area contributed by atoms with Gasteiger partial charge in [0.05, 0.1) is 11.4 Å². The van der Waals surface area contributed by atoms with Crippen molar-refractivity contribution in [1.82, 2.24) is 20.4 Å². The van der Waals surface area contributed by atoms with Gasteiger partial charge in [0.2, 0.25) is 12.3 Å². The number of nitrogens with one attached hydrogen (secondary N) is 4. The van der Waals surface area contributed by atoms with Crippen LogP contribution in [0.25, 0.3) is 11.3 Å². The Hall–Kier alpha value is -3.75. The number of benzene rings is 1. The molecule has 9 heteroatoms. The predicted octanol–water partition coefficient (Wildman–Crippen LogP) is 3.61. The van der Waals surface area contributed by atoms with Gasteiger partial charge in [-0.15, -0.1) is 0 Å². The standard InChI is InChI=1S/C23H26N6O3/c1-13-11-19(28-26-13)15-7-9-16(10-8-15)21(31)17-5-3-4-6-18(17)23(32)25-20-14(2)27-29-22(20)24-12-30/h7-12,17-18H,3-6H2,1-2H3,(H,25,32)(H,26,28)(H2,24,27,29,30)/t17-,18-/m1/s1. The van der Waals surface area contributed by atoms with Crippen LogP contribution in [-0.4, -0.2) is 38.5 Å². The number of anilines is 2. The van der Waals surface area contributed by atoms with Gasteiger partial charge in [0, 0.05) is 28.7 Å². The molecule has 2 atom stereocenters. The predicted molar refractivity (Wildman–Crippen MR) is 120 cm³/mol. The summed E-state index contributed by atoms with van der Waals surface area (Å²) in [6.45, 7) is 3.69. The van der Waals surface area contributed by atoms with Crippen molar-refractivity contribution >= 4 is 29.6 Å². The molecule has 166 valence electrons. The third kappa shape index (κ3) is 4.32. The first-order valence-electron chi connectivity index (χ1n) is 10.7. The molecule has 3 aromatic rings. The maximum atomic E-state index is 13.3. The minimum Gasteiger partial charge on any atom is -0.321 e. The highest BCUT2D eigenvalue weighted by molar-refractivity contribution is 6.04. The first kappa shape index (κ1) is 21.5. The smallest absolute Gasteiger partial charge is 0.228 e. The lowest BCUT2D eigenvalue weighted by Gasteiger charge is -2.29. The quantitative estimate of drug-likeness (QED) is 0.333. The van der Waals surface area contributed by atoms with Crippen LogP contribution in [0.1, 0.15) is 47.4 Å². The van der Waals surface area contributed by atoms with Gasteiger partial charge in [0.1, 0.15) is 5.69 Å². The molecule has 0 unspecified atom stereocenters. The SMILES string of the molecule is Cc1cc(-c2ccc(C(=O)[C@@H]3CCCC[C@H]3C(=O)Nc3c(NC=O)n[nH]c3C)cc2)n[nH]1. The molecule has 2 aromatic heterocycles. The first-order chi connectivity index (χ1) is 15.5. The minimum absolute atomic E-state index is 0.0234. The molecule has 9 nitrogen and oxygen atoms in total. The number of ketones is 1. The average molecular weight is 435 g/mol. The largest absolute Gasteiger partial charge is 0.321 e. The lowest BCUT2D eigenvalue weighted by Crippen LogP contribution is -2.36. The Morgan fingerprint density at radius 1 is 1.03 bits per heavy atom. The van der Waals surface area contributed by atoms with Gasteiger partial charge in [-0.05, 0) is 32.8 Å². The number of aromatic amines is 2. The van der Waals surface area contributed by atoms with E-state index in [9.17, 15) is 14.4 Å². The fourth-order valence-electron chi connectivity index (χ4n) is 4.30. The molecular formula is C23H26N6O3. The second-order valence-corrected chi connectivity index (χ2v) is 8.20. The molecule has 0 bridgehead atoms. The molecule has 0 radical (unpaired) electrons. The number of hydrogen-bond donors (Lipinski definition) is 4. The summed E-state index contributed by atoms with van der Waals surface area (Å²) >= 11 is 0. The van der Waals surface area contributed by atoms with E-state index in [2.05, 4.69) is 31.0 Å². The van der Waals surface area contributed by atoms with E-state index in [-0.39, 0.29) is 17.5 Å². The molecule has 1 aliphatic rings. The number of amides is 2. The van der Waals surface area contributed by atoms with Gasteiger partial charge in [-0.25, -0.2) is 0 Å². The van der Waals surface area contributed by atoms with Gasteiger partial charge in [-0.2, -0.15) is 10.2 Å². The van der Waals surface area contributed by atoms with Crippen LogP contribution in [0.15, 0.2) is 30.3 Å². The van der Waals surface area contributed by atoms with Crippen LogP contribution in [0.2, 0.25) is 0 Å². The average Bonchev–Trinajstić information content (AvgIpc) is 3.40. The fourth-order valence-corrected chi connectivity index (χ4v) is 4.30. The van der Waals surface area contributed by atoms with Crippen molar-refractivity contribution in [1.29, 1.82) is 0 Å². The summed E-state index contributed by atoms with van der Waals surface area (Å²) in [6.07, 6.45) is 3.62. The van der Waals surface area contributed by atoms with Crippen LogP contribution in [0.5, 0.6) is 0 Å². The van der Waals surface area contributed by atoms with E-state index >= 15 is 0 Å². The summed E-state index contributed by atoms with van der Waals surface area (Å²) in [5.74, 6) is -0.830. The molecule has 0 spiro atoms. The number of carbonyl (C=O) groups is 3. The summed E-state index contributed by atoms with van der Waals surface area (Å²) in [4.78, 5) is 37.3. The van der Waals surface area contributed by atoms with Crippen molar-refractivity contribution in [3.05, 3.63) is 47.3 Å². The third-order valence-corrected chi connectivity index (χ3v) is 6.00. The van der Waals surface area contributed by atoms with E-state index in [0.29, 0.717) is 36.2 Å². The zero-order valence-corrected chi connectivity index (χ0v) is 18.1. The maximum Gasteiger partial charge on any atom is 0.228 e. The minimum atomic E-state index is -0.441. The van der Waals surface area contributed by atoms with E-state index in [0.717, 1.165) is 29.8 Å².